The molecule has 0 radical (unpaired) electrons. The van der Waals surface area contributed by atoms with Gasteiger partial charge in [-0.3, -0.25) is 14.4 Å². The van der Waals surface area contributed by atoms with E-state index in [9.17, 15) is 14.4 Å². The summed E-state index contributed by atoms with van der Waals surface area (Å²) >= 11 is 1.54. The topological polar surface area (TPSA) is 93.7 Å². The number of hydrogen-bond donors (Lipinski definition) is 2. The van der Waals surface area contributed by atoms with Crippen molar-refractivity contribution in [2.45, 2.75) is 18.2 Å². The molecule has 2 amide bonds. The fraction of sp³-hybridized carbons (Fsp3) is 0.250. The van der Waals surface area contributed by atoms with Crippen LogP contribution in [0.3, 0.4) is 0 Å². The lowest BCUT2D eigenvalue weighted by molar-refractivity contribution is -0.146. The van der Waals surface area contributed by atoms with E-state index in [0.717, 1.165) is 4.90 Å². The van der Waals surface area contributed by atoms with Gasteiger partial charge in [-0.25, -0.2) is 0 Å². The van der Waals surface area contributed by atoms with E-state index in [2.05, 4.69) is 10.6 Å². The minimum Gasteiger partial charge on any atom is -0.495 e. The van der Waals surface area contributed by atoms with Crippen molar-refractivity contribution in [1.82, 2.24) is 0 Å². The molecule has 0 aliphatic carbocycles. The summed E-state index contributed by atoms with van der Waals surface area (Å²) in [5.74, 6) is -0.186. The Bertz CT molecular complexity index is 827. The van der Waals surface area contributed by atoms with Crippen molar-refractivity contribution in [2.24, 2.45) is 0 Å². The summed E-state index contributed by atoms with van der Waals surface area (Å²) in [6, 6.07) is 14.6. The molecule has 2 aromatic rings. The normalized spacial score (nSPS) is 10.1. The van der Waals surface area contributed by atoms with Crippen LogP contribution in [0, 0.1) is 0 Å². The predicted octanol–water partition coefficient (Wildman–Crippen LogP) is 3.32. The highest BCUT2D eigenvalue weighted by Gasteiger charge is 2.12. The van der Waals surface area contributed by atoms with Crippen molar-refractivity contribution in [2.75, 3.05) is 30.1 Å². The predicted molar refractivity (Wildman–Crippen MR) is 109 cm³/mol. The van der Waals surface area contributed by atoms with Gasteiger partial charge in [-0.2, -0.15) is 0 Å². The van der Waals surface area contributed by atoms with Gasteiger partial charge in [0.2, 0.25) is 5.91 Å². The van der Waals surface area contributed by atoms with Gasteiger partial charge < -0.3 is 20.1 Å². The molecule has 0 heterocycles. The second-order valence-corrected chi connectivity index (χ2v) is 6.88. The smallest absolute Gasteiger partial charge is 0.307 e. The minimum absolute atomic E-state index is 0.203. The average Bonchev–Trinajstić information content (AvgIpc) is 2.67. The molecule has 0 aliphatic rings. The SMILES string of the molecule is COc1ccc(NC(C)=O)cc1NC(=O)COC(=O)CCSc1ccccc1. The van der Waals surface area contributed by atoms with Crippen LogP contribution in [0.25, 0.3) is 0 Å². The summed E-state index contributed by atoms with van der Waals surface area (Å²) in [6.45, 7) is 0.986. The maximum atomic E-state index is 12.1. The third kappa shape index (κ3) is 7.32. The first-order chi connectivity index (χ1) is 13.5. The molecular formula is C20H22N2O5S. The molecule has 0 saturated heterocycles. The number of carbonyl (C=O) groups excluding carboxylic acids is 3. The van der Waals surface area contributed by atoms with E-state index in [1.54, 1.807) is 30.0 Å². The fourth-order valence-electron chi connectivity index (χ4n) is 2.26. The lowest BCUT2D eigenvalue weighted by atomic mass is 10.2. The van der Waals surface area contributed by atoms with Crippen LogP contribution in [0.15, 0.2) is 53.4 Å². The van der Waals surface area contributed by atoms with Gasteiger partial charge in [-0.1, -0.05) is 18.2 Å². The van der Waals surface area contributed by atoms with Gasteiger partial charge in [0.25, 0.3) is 5.91 Å². The second-order valence-electron chi connectivity index (χ2n) is 5.72. The standard InChI is InChI=1S/C20H22N2O5S/c1-14(23)21-15-8-9-18(26-2)17(12-15)22-19(24)13-27-20(25)10-11-28-16-6-4-3-5-7-16/h3-9,12H,10-11,13H2,1-2H3,(H,21,23)(H,22,24). The Hall–Kier alpha value is -3.00. The first-order valence-electron chi connectivity index (χ1n) is 8.57. The Morgan fingerprint density at radius 3 is 2.46 bits per heavy atom. The summed E-state index contributed by atoms with van der Waals surface area (Å²) in [5.41, 5.74) is 0.882. The van der Waals surface area contributed by atoms with E-state index < -0.39 is 18.5 Å². The average molecular weight is 402 g/mol. The number of carbonyl (C=O) groups is 3. The van der Waals surface area contributed by atoms with Crippen LogP contribution >= 0.6 is 11.8 Å². The molecular weight excluding hydrogens is 380 g/mol. The van der Waals surface area contributed by atoms with Crippen molar-refractivity contribution in [3.63, 3.8) is 0 Å². The Labute approximate surface area is 167 Å². The number of ether oxygens (including phenoxy) is 2. The van der Waals surface area contributed by atoms with Crippen LogP contribution in [0.4, 0.5) is 11.4 Å². The number of thioether (sulfide) groups is 1. The van der Waals surface area contributed by atoms with E-state index >= 15 is 0 Å². The summed E-state index contributed by atoms with van der Waals surface area (Å²) in [6.07, 6.45) is 0.203. The third-order valence-corrected chi connectivity index (χ3v) is 4.49. The van der Waals surface area contributed by atoms with Gasteiger partial charge in [0.15, 0.2) is 6.61 Å². The number of anilines is 2. The first-order valence-corrected chi connectivity index (χ1v) is 9.55. The maximum absolute atomic E-state index is 12.1. The number of rotatable bonds is 9. The maximum Gasteiger partial charge on any atom is 0.307 e. The number of hydrogen-bond acceptors (Lipinski definition) is 6. The van der Waals surface area contributed by atoms with E-state index in [4.69, 9.17) is 9.47 Å². The van der Waals surface area contributed by atoms with Crippen LogP contribution in [0.1, 0.15) is 13.3 Å². The quantitative estimate of drug-likeness (QED) is 0.494. The highest BCUT2D eigenvalue weighted by atomic mass is 32.2. The Kier molecular flexibility index (Phi) is 8.36. The zero-order valence-corrected chi connectivity index (χ0v) is 16.5. The third-order valence-electron chi connectivity index (χ3n) is 3.48. The monoisotopic (exact) mass is 402 g/mol. The summed E-state index contributed by atoms with van der Waals surface area (Å²) in [5, 5.41) is 5.24. The van der Waals surface area contributed by atoms with Gasteiger partial charge in [0, 0.05) is 23.3 Å². The molecule has 2 N–H and O–H groups in total. The van der Waals surface area contributed by atoms with Gasteiger partial charge in [-0.05, 0) is 30.3 Å². The molecule has 0 aliphatic heterocycles. The highest BCUT2D eigenvalue weighted by molar-refractivity contribution is 7.99. The fourth-order valence-corrected chi connectivity index (χ4v) is 3.11. The second kappa shape index (κ2) is 11.0. The number of benzene rings is 2. The molecule has 28 heavy (non-hydrogen) atoms. The number of esters is 1. The lowest BCUT2D eigenvalue weighted by Crippen LogP contribution is -2.21. The van der Waals surface area contributed by atoms with Gasteiger partial charge in [0.1, 0.15) is 5.75 Å². The van der Waals surface area contributed by atoms with Gasteiger partial charge >= 0.3 is 5.97 Å². The molecule has 0 fully saturated rings. The van der Waals surface area contributed by atoms with Crippen LogP contribution in [-0.2, 0) is 19.1 Å². The molecule has 2 rings (SSSR count). The zero-order chi connectivity index (χ0) is 20.4. The van der Waals surface area contributed by atoms with E-state index in [0.29, 0.717) is 22.9 Å². The Morgan fingerprint density at radius 1 is 1.04 bits per heavy atom. The minimum atomic E-state index is -0.498. The van der Waals surface area contributed by atoms with Crippen LogP contribution in [0.2, 0.25) is 0 Å². The van der Waals surface area contributed by atoms with Crippen molar-refractivity contribution in [3.8, 4) is 5.75 Å². The molecule has 2 aromatic carbocycles. The first kappa shape index (κ1) is 21.3. The zero-order valence-electron chi connectivity index (χ0n) is 15.7. The largest absolute Gasteiger partial charge is 0.495 e. The van der Waals surface area contributed by atoms with Crippen molar-refractivity contribution in [3.05, 3.63) is 48.5 Å². The van der Waals surface area contributed by atoms with E-state index in [-0.39, 0.29) is 12.3 Å². The summed E-state index contributed by atoms with van der Waals surface area (Å²) in [7, 11) is 1.47. The van der Waals surface area contributed by atoms with Gasteiger partial charge in [0.05, 0.1) is 19.2 Å². The van der Waals surface area contributed by atoms with Crippen LogP contribution in [-0.4, -0.2) is 37.3 Å². The van der Waals surface area contributed by atoms with Crippen molar-refractivity contribution in [1.29, 1.82) is 0 Å². The molecule has 0 bridgehead atoms. The molecule has 148 valence electrons. The summed E-state index contributed by atoms with van der Waals surface area (Å²) in [4.78, 5) is 36.1. The van der Waals surface area contributed by atoms with Crippen LogP contribution in [0.5, 0.6) is 5.75 Å². The lowest BCUT2D eigenvalue weighted by Gasteiger charge is -2.12. The molecule has 0 atom stereocenters. The molecule has 0 unspecified atom stereocenters. The molecule has 7 nitrogen and oxygen atoms in total. The molecule has 0 spiro atoms. The number of nitrogens with one attached hydrogen (secondary N) is 2. The van der Waals surface area contributed by atoms with Gasteiger partial charge in [-0.15, -0.1) is 11.8 Å². The molecule has 0 aromatic heterocycles. The molecule has 0 saturated carbocycles. The Balaban J connectivity index is 1.79. The van der Waals surface area contributed by atoms with Crippen molar-refractivity contribution < 1.29 is 23.9 Å². The van der Waals surface area contributed by atoms with E-state index in [1.807, 2.05) is 30.3 Å². The van der Waals surface area contributed by atoms with Crippen LogP contribution < -0.4 is 15.4 Å². The number of amides is 2. The van der Waals surface area contributed by atoms with E-state index in [1.165, 1.54) is 14.0 Å². The van der Waals surface area contributed by atoms with Crippen molar-refractivity contribution >= 4 is 40.9 Å². The number of methoxy groups -OCH3 is 1. The Morgan fingerprint density at radius 2 is 1.79 bits per heavy atom. The summed E-state index contributed by atoms with van der Waals surface area (Å²) < 4.78 is 10.2. The highest BCUT2D eigenvalue weighted by Crippen LogP contribution is 2.27. The molecule has 8 heteroatoms.